The predicted molar refractivity (Wildman–Crippen MR) is 54.4 cm³/mol. The molecule has 0 aromatic carbocycles. The van der Waals surface area contributed by atoms with Crippen molar-refractivity contribution >= 4 is 11.9 Å². The van der Waals surface area contributed by atoms with Crippen LogP contribution >= 0.6 is 0 Å². The van der Waals surface area contributed by atoms with Crippen LogP contribution in [-0.2, 0) is 4.74 Å². The van der Waals surface area contributed by atoms with Crippen LogP contribution in [-0.4, -0.2) is 26.9 Å². The van der Waals surface area contributed by atoms with Crippen LogP contribution in [0.25, 0.3) is 0 Å². The van der Waals surface area contributed by atoms with E-state index in [1.165, 1.54) is 6.20 Å². The third-order valence-electron chi connectivity index (χ3n) is 1.31. The Balaban J connectivity index is 2.55. The molecule has 0 spiro atoms. The molecule has 0 bridgehead atoms. The van der Waals surface area contributed by atoms with Crippen LogP contribution in [0, 0.1) is 6.92 Å². The number of amides is 1. The Morgan fingerprint density at radius 1 is 1.40 bits per heavy atom. The maximum Gasteiger partial charge on any atom is 0.413 e. The van der Waals surface area contributed by atoms with Crippen molar-refractivity contribution in [3.05, 3.63) is 12.0 Å². The molecule has 15 heavy (non-hydrogen) atoms. The van der Waals surface area contributed by atoms with Crippen LogP contribution in [0.3, 0.4) is 0 Å². The van der Waals surface area contributed by atoms with Gasteiger partial charge in [0.15, 0.2) is 5.82 Å². The number of ether oxygens (including phenoxy) is 1. The molecule has 0 unspecified atom stereocenters. The van der Waals surface area contributed by atoms with Crippen LogP contribution in [0.15, 0.2) is 6.20 Å². The molecule has 1 N–H and O–H groups in total. The van der Waals surface area contributed by atoms with E-state index < -0.39 is 11.7 Å². The zero-order valence-corrected chi connectivity index (χ0v) is 9.24. The van der Waals surface area contributed by atoms with Crippen molar-refractivity contribution in [3.8, 4) is 0 Å². The second-order valence-electron chi connectivity index (χ2n) is 4.02. The number of aromatic nitrogens is 3. The van der Waals surface area contributed by atoms with E-state index in [0.717, 1.165) is 0 Å². The van der Waals surface area contributed by atoms with E-state index in [1.807, 2.05) is 0 Å². The second kappa shape index (κ2) is 4.20. The van der Waals surface area contributed by atoms with Gasteiger partial charge in [-0.15, -0.1) is 10.2 Å². The first-order chi connectivity index (χ1) is 6.87. The molecule has 0 aliphatic heterocycles. The number of hydrogen-bond acceptors (Lipinski definition) is 5. The molecule has 0 radical (unpaired) electrons. The molecule has 1 rings (SSSR count). The lowest BCUT2D eigenvalue weighted by atomic mass is 10.2. The quantitative estimate of drug-likeness (QED) is 0.760. The normalized spacial score (nSPS) is 10.9. The SMILES string of the molecule is Cc1ncc(NC(=O)OC(C)(C)C)nn1. The van der Waals surface area contributed by atoms with E-state index >= 15 is 0 Å². The monoisotopic (exact) mass is 210 g/mol. The molecule has 0 aliphatic carbocycles. The number of anilines is 1. The smallest absolute Gasteiger partial charge is 0.413 e. The lowest BCUT2D eigenvalue weighted by molar-refractivity contribution is 0.0635. The maximum absolute atomic E-state index is 11.3. The molecule has 0 atom stereocenters. The topological polar surface area (TPSA) is 77.0 Å². The minimum Gasteiger partial charge on any atom is -0.444 e. The van der Waals surface area contributed by atoms with Crippen molar-refractivity contribution in [3.63, 3.8) is 0 Å². The Kier molecular flexibility index (Phi) is 3.18. The highest BCUT2D eigenvalue weighted by Crippen LogP contribution is 2.08. The molecular weight excluding hydrogens is 196 g/mol. The minimum atomic E-state index is -0.567. The summed E-state index contributed by atoms with van der Waals surface area (Å²) in [5.41, 5.74) is -0.532. The summed E-state index contributed by atoms with van der Waals surface area (Å²) in [6.07, 6.45) is 0.856. The third-order valence-corrected chi connectivity index (χ3v) is 1.31. The highest BCUT2D eigenvalue weighted by Gasteiger charge is 2.16. The summed E-state index contributed by atoms with van der Waals surface area (Å²) in [6.45, 7) is 7.06. The van der Waals surface area contributed by atoms with Gasteiger partial charge in [0.25, 0.3) is 0 Å². The Hall–Kier alpha value is -1.72. The number of aryl methyl sites for hydroxylation is 1. The Labute approximate surface area is 88.1 Å². The minimum absolute atomic E-state index is 0.273. The average molecular weight is 210 g/mol. The first kappa shape index (κ1) is 11.4. The van der Waals surface area contributed by atoms with Gasteiger partial charge in [-0.05, 0) is 27.7 Å². The van der Waals surface area contributed by atoms with Crippen molar-refractivity contribution in [2.45, 2.75) is 33.3 Å². The zero-order valence-electron chi connectivity index (χ0n) is 9.24. The molecule has 6 nitrogen and oxygen atoms in total. The predicted octanol–water partition coefficient (Wildman–Crippen LogP) is 1.53. The molecule has 1 aromatic heterocycles. The van der Waals surface area contributed by atoms with Gasteiger partial charge in [0.05, 0.1) is 6.20 Å². The third kappa shape index (κ3) is 4.35. The Morgan fingerprint density at radius 3 is 2.53 bits per heavy atom. The molecule has 1 aromatic rings. The fourth-order valence-electron chi connectivity index (χ4n) is 0.798. The molecule has 0 saturated carbocycles. The zero-order chi connectivity index (χ0) is 11.5. The fourth-order valence-corrected chi connectivity index (χ4v) is 0.798. The standard InChI is InChI=1S/C9H14N4O2/c1-6-10-5-7(13-12-6)11-8(14)15-9(2,3)4/h5H,1-4H3,(H,11,13,14). The molecule has 1 heterocycles. The van der Waals surface area contributed by atoms with E-state index in [9.17, 15) is 4.79 Å². The van der Waals surface area contributed by atoms with Crippen LogP contribution in [0.1, 0.15) is 26.6 Å². The van der Waals surface area contributed by atoms with Crippen molar-refractivity contribution in [2.75, 3.05) is 5.32 Å². The summed E-state index contributed by atoms with van der Waals surface area (Å²) < 4.78 is 5.03. The van der Waals surface area contributed by atoms with Crippen molar-refractivity contribution in [1.82, 2.24) is 15.2 Å². The van der Waals surface area contributed by atoms with Crippen molar-refractivity contribution < 1.29 is 9.53 Å². The maximum atomic E-state index is 11.3. The van der Waals surface area contributed by atoms with Gasteiger partial charge in [0, 0.05) is 0 Å². The van der Waals surface area contributed by atoms with Crippen LogP contribution in [0.4, 0.5) is 10.6 Å². The summed E-state index contributed by atoms with van der Waals surface area (Å²) in [5.74, 6) is 0.819. The van der Waals surface area contributed by atoms with Gasteiger partial charge >= 0.3 is 6.09 Å². The molecule has 6 heteroatoms. The second-order valence-corrected chi connectivity index (χ2v) is 4.02. The summed E-state index contributed by atoms with van der Waals surface area (Å²) >= 11 is 0. The largest absolute Gasteiger partial charge is 0.444 e. The first-order valence-corrected chi connectivity index (χ1v) is 4.53. The van der Waals surface area contributed by atoms with Crippen LogP contribution in [0.5, 0.6) is 0 Å². The lowest BCUT2D eigenvalue weighted by Crippen LogP contribution is -2.27. The number of rotatable bonds is 1. The van der Waals surface area contributed by atoms with Gasteiger partial charge < -0.3 is 4.74 Å². The van der Waals surface area contributed by atoms with Gasteiger partial charge in [-0.3, -0.25) is 5.32 Å². The van der Waals surface area contributed by atoms with E-state index in [1.54, 1.807) is 27.7 Å². The number of nitrogens with zero attached hydrogens (tertiary/aromatic N) is 3. The molecule has 1 amide bonds. The summed E-state index contributed by atoms with van der Waals surface area (Å²) in [5, 5.41) is 9.85. The van der Waals surface area contributed by atoms with Crippen molar-refractivity contribution in [1.29, 1.82) is 0 Å². The molecule has 0 fully saturated rings. The van der Waals surface area contributed by atoms with Crippen LogP contribution in [0.2, 0.25) is 0 Å². The highest BCUT2D eigenvalue weighted by atomic mass is 16.6. The van der Waals surface area contributed by atoms with E-state index in [4.69, 9.17) is 4.74 Å². The first-order valence-electron chi connectivity index (χ1n) is 4.53. The Morgan fingerprint density at radius 2 is 2.07 bits per heavy atom. The van der Waals surface area contributed by atoms with Gasteiger partial charge in [-0.2, -0.15) is 0 Å². The van der Waals surface area contributed by atoms with Gasteiger partial charge in [-0.25, -0.2) is 9.78 Å². The fraction of sp³-hybridized carbons (Fsp3) is 0.556. The summed E-state index contributed by atoms with van der Waals surface area (Å²) in [7, 11) is 0. The summed E-state index contributed by atoms with van der Waals surface area (Å²) in [4.78, 5) is 15.2. The number of nitrogens with one attached hydrogen (secondary N) is 1. The molecule has 0 saturated heterocycles. The lowest BCUT2D eigenvalue weighted by Gasteiger charge is -2.19. The van der Waals surface area contributed by atoms with E-state index in [-0.39, 0.29) is 5.82 Å². The molecule has 0 aliphatic rings. The summed E-state index contributed by atoms with van der Waals surface area (Å²) in [6, 6.07) is 0. The number of carbonyl (C=O) groups is 1. The van der Waals surface area contributed by atoms with E-state index in [0.29, 0.717) is 5.82 Å². The highest BCUT2D eigenvalue weighted by molar-refractivity contribution is 5.83. The van der Waals surface area contributed by atoms with Crippen LogP contribution < -0.4 is 5.32 Å². The molecular formula is C9H14N4O2. The van der Waals surface area contributed by atoms with E-state index in [2.05, 4.69) is 20.5 Å². The van der Waals surface area contributed by atoms with Gasteiger partial charge in [-0.1, -0.05) is 0 Å². The Bertz CT molecular complexity index is 342. The van der Waals surface area contributed by atoms with Gasteiger partial charge in [0.1, 0.15) is 11.4 Å². The average Bonchev–Trinajstić information content (AvgIpc) is 2.05. The van der Waals surface area contributed by atoms with Gasteiger partial charge in [0.2, 0.25) is 0 Å². The van der Waals surface area contributed by atoms with Crippen molar-refractivity contribution in [2.24, 2.45) is 0 Å². The number of hydrogen-bond donors (Lipinski definition) is 1. The number of carbonyl (C=O) groups excluding carboxylic acids is 1. The molecule has 82 valence electrons.